The Morgan fingerprint density at radius 1 is 1.19 bits per heavy atom. The number of rotatable bonds is 4. The molecule has 0 aliphatic carbocycles. The molecule has 0 spiro atoms. The van der Waals surface area contributed by atoms with Crippen molar-refractivity contribution in [1.82, 2.24) is 20.0 Å². The molecule has 144 valence electrons. The van der Waals surface area contributed by atoms with Crippen molar-refractivity contribution in [2.24, 2.45) is 11.8 Å². The van der Waals surface area contributed by atoms with Gasteiger partial charge in [-0.3, -0.25) is 4.79 Å². The standard InChI is InChI=1S/C20H27N5O2/c1-12(2)18-6-19(22-11-21-18)24-7-15-9-25(10-16(15)8-24)20(26)5-17-13(3)23-27-14(17)4/h6,11-12,15-16H,5,7-10H2,1-4H3. The molecule has 2 fully saturated rings. The maximum absolute atomic E-state index is 12.7. The molecule has 2 aliphatic heterocycles. The van der Waals surface area contributed by atoms with Gasteiger partial charge in [-0.05, 0) is 19.8 Å². The number of hydrogen-bond acceptors (Lipinski definition) is 6. The van der Waals surface area contributed by atoms with E-state index in [1.807, 2.05) is 18.7 Å². The molecule has 27 heavy (non-hydrogen) atoms. The Morgan fingerprint density at radius 3 is 2.48 bits per heavy atom. The van der Waals surface area contributed by atoms with E-state index >= 15 is 0 Å². The Kier molecular flexibility index (Phi) is 4.61. The minimum atomic E-state index is 0.175. The van der Waals surface area contributed by atoms with Gasteiger partial charge in [-0.25, -0.2) is 9.97 Å². The van der Waals surface area contributed by atoms with Crippen molar-refractivity contribution in [2.75, 3.05) is 31.1 Å². The number of anilines is 1. The third-order valence-corrected chi connectivity index (χ3v) is 5.94. The number of aryl methyl sites for hydroxylation is 2. The van der Waals surface area contributed by atoms with Gasteiger partial charge in [0.05, 0.1) is 12.1 Å². The zero-order valence-electron chi connectivity index (χ0n) is 16.5. The number of fused-ring (bicyclic) bond motifs is 1. The normalized spacial score (nSPS) is 22.0. The molecular formula is C20H27N5O2. The highest BCUT2D eigenvalue weighted by Crippen LogP contribution is 2.34. The van der Waals surface area contributed by atoms with Crippen LogP contribution in [0.4, 0.5) is 5.82 Å². The van der Waals surface area contributed by atoms with E-state index in [1.54, 1.807) is 6.33 Å². The summed E-state index contributed by atoms with van der Waals surface area (Å²) in [4.78, 5) is 25.9. The Morgan fingerprint density at radius 2 is 1.89 bits per heavy atom. The summed E-state index contributed by atoms with van der Waals surface area (Å²) in [6.07, 6.45) is 2.05. The van der Waals surface area contributed by atoms with Crippen molar-refractivity contribution >= 4 is 11.7 Å². The smallest absolute Gasteiger partial charge is 0.227 e. The highest BCUT2D eigenvalue weighted by Gasteiger charge is 2.42. The van der Waals surface area contributed by atoms with Gasteiger partial charge in [-0.15, -0.1) is 0 Å². The molecule has 0 radical (unpaired) electrons. The minimum absolute atomic E-state index is 0.175. The summed E-state index contributed by atoms with van der Waals surface area (Å²) in [5, 5.41) is 3.95. The van der Waals surface area contributed by atoms with Gasteiger partial charge in [-0.1, -0.05) is 19.0 Å². The maximum atomic E-state index is 12.7. The number of aromatic nitrogens is 3. The van der Waals surface area contributed by atoms with Gasteiger partial charge in [-0.2, -0.15) is 0 Å². The van der Waals surface area contributed by atoms with Crippen LogP contribution in [0, 0.1) is 25.7 Å². The third kappa shape index (κ3) is 3.42. The van der Waals surface area contributed by atoms with E-state index in [0.717, 1.165) is 54.7 Å². The predicted octanol–water partition coefficient (Wildman–Crippen LogP) is 2.34. The summed E-state index contributed by atoms with van der Waals surface area (Å²) in [7, 11) is 0. The summed E-state index contributed by atoms with van der Waals surface area (Å²) >= 11 is 0. The van der Waals surface area contributed by atoms with E-state index in [4.69, 9.17) is 4.52 Å². The maximum Gasteiger partial charge on any atom is 0.227 e. The first-order valence-electron chi connectivity index (χ1n) is 9.68. The summed E-state index contributed by atoms with van der Waals surface area (Å²) < 4.78 is 5.18. The topological polar surface area (TPSA) is 75.4 Å². The summed E-state index contributed by atoms with van der Waals surface area (Å²) in [6.45, 7) is 11.6. The van der Waals surface area contributed by atoms with Crippen LogP contribution in [-0.4, -0.2) is 52.1 Å². The van der Waals surface area contributed by atoms with Crippen molar-refractivity contribution in [3.63, 3.8) is 0 Å². The molecule has 2 aromatic heterocycles. The molecule has 0 saturated carbocycles. The van der Waals surface area contributed by atoms with Crippen LogP contribution in [0.5, 0.6) is 0 Å². The molecular weight excluding hydrogens is 342 g/mol. The van der Waals surface area contributed by atoms with Gasteiger partial charge < -0.3 is 14.3 Å². The summed E-state index contributed by atoms with van der Waals surface area (Å²) in [5.74, 6) is 3.35. The second kappa shape index (κ2) is 6.94. The lowest BCUT2D eigenvalue weighted by atomic mass is 10.0. The zero-order valence-corrected chi connectivity index (χ0v) is 16.5. The van der Waals surface area contributed by atoms with Crippen LogP contribution in [-0.2, 0) is 11.2 Å². The van der Waals surface area contributed by atoms with Gasteiger partial charge in [0.2, 0.25) is 5.91 Å². The van der Waals surface area contributed by atoms with E-state index in [0.29, 0.717) is 24.2 Å². The Balaban J connectivity index is 1.38. The average Bonchev–Trinajstić information content (AvgIpc) is 3.31. The molecule has 0 aromatic carbocycles. The third-order valence-electron chi connectivity index (χ3n) is 5.94. The molecule has 4 rings (SSSR count). The van der Waals surface area contributed by atoms with E-state index in [1.165, 1.54) is 0 Å². The van der Waals surface area contributed by atoms with E-state index in [9.17, 15) is 4.79 Å². The van der Waals surface area contributed by atoms with Crippen LogP contribution in [0.2, 0.25) is 0 Å². The van der Waals surface area contributed by atoms with Crippen LogP contribution in [0.25, 0.3) is 0 Å². The van der Waals surface area contributed by atoms with E-state index in [-0.39, 0.29) is 5.91 Å². The monoisotopic (exact) mass is 369 g/mol. The SMILES string of the molecule is Cc1noc(C)c1CC(=O)N1CC2CN(c3cc(C(C)C)ncn3)CC2C1. The first-order chi connectivity index (χ1) is 12.9. The molecule has 7 heteroatoms. The number of nitrogens with zero attached hydrogens (tertiary/aromatic N) is 5. The number of carbonyl (C=O) groups is 1. The van der Waals surface area contributed by atoms with Gasteiger partial charge in [0.25, 0.3) is 0 Å². The van der Waals surface area contributed by atoms with Gasteiger partial charge in [0.15, 0.2) is 0 Å². The van der Waals surface area contributed by atoms with Gasteiger partial charge in [0.1, 0.15) is 17.9 Å². The molecule has 2 unspecified atom stereocenters. The van der Waals surface area contributed by atoms with E-state index in [2.05, 4.69) is 39.9 Å². The highest BCUT2D eigenvalue weighted by atomic mass is 16.5. The van der Waals surface area contributed by atoms with Crippen molar-refractivity contribution in [3.8, 4) is 0 Å². The zero-order chi connectivity index (χ0) is 19.1. The van der Waals surface area contributed by atoms with Crippen LogP contribution >= 0.6 is 0 Å². The molecule has 2 saturated heterocycles. The van der Waals surface area contributed by atoms with Gasteiger partial charge in [0, 0.05) is 55.3 Å². The second-order valence-electron chi connectivity index (χ2n) is 8.16. The van der Waals surface area contributed by atoms with Crippen molar-refractivity contribution in [2.45, 2.75) is 40.0 Å². The first-order valence-corrected chi connectivity index (χ1v) is 9.68. The molecule has 1 amide bonds. The minimum Gasteiger partial charge on any atom is -0.361 e. The lowest BCUT2D eigenvalue weighted by Gasteiger charge is -2.23. The Bertz CT molecular complexity index is 813. The fraction of sp³-hybridized carbons (Fsp3) is 0.600. The molecule has 0 N–H and O–H groups in total. The molecule has 7 nitrogen and oxygen atoms in total. The average molecular weight is 369 g/mol. The van der Waals surface area contributed by atoms with Crippen LogP contribution in [0.3, 0.4) is 0 Å². The Hall–Kier alpha value is -2.44. The molecule has 0 bridgehead atoms. The lowest BCUT2D eigenvalue weighted by Crippen LogP contribution is -2.34. The van der Waals surface area contributed by atoms with Crippen molar-refractivity contribution in [1.29, 1.82) is 0 Å². The second-order valence-corrected chi connectivity index (χ2v) is 8.16. The molecule has 4 heterocycles. The van der Waals surface area contributed by atoms with Crippen LogP contribution in [0.1, 0.15) is 42.5 Å². The molecule has 2 aliphatic rings. The van der Waals surface area contributed by atoms with Crippen LogP contribution < -0.4 is 4.90 Å². The molecule has 2 atom stereocenters. The first kappa shape index (κ1) is 17.9. The van der Waals surface area contributed by atoms with Crippen molar-refractivity contribution in [3.05, 3.63) is 35.1 Å². The Labute approximate surface area is 159 Å². The number of hydrogen-bond donors (Lipinski definition) is 0. The van der Waals surface area contributed by atoms with Gasteiger partial charge >= 0.3 is 0 Å². The predicted molar refractivity (Wildman–Crippen MR) is 102 cm³/mol. The fourth-order valence-electron chi connectivity index (χ4n) is 4.25. The number of amides is 1. The number of likely N-dealkylation sites (tertiary alicyclic amines) is 1. The fourth-order valence-corrected chi connectivity index (χ4v) is 4.25. The largest absolute Gasteiger partial charge is 0.361 e. The quantitative estimate of drug-likeness (QED) is 0.823. The lowest BCUT2D eigenvalue weighted by molar-refractivity contribution is -0.129. The van der Waals surface area contributed by atoms with E-state index < -0.39 is 0 Å². The summed E-state index contributed by atoms with van der Waals surface area (Å²) in [6, 6.07) is 2.10. The van der Waals surface area contributed by atoms with Crippen molar-refractivity contribution < 1.29 is 9.32 Å². The molecule has 2 aromatic rings. The number of carbonyl (C=O) groups excluding carboxylic acids is 1. The highest BCUT2D eigenvalue weighted by molar-refractivity contribution is 5.79. The summed E-state index contributed by atoms with van der Waals surface area (Å²) in [5.41, 5.74) is 2.82. The van der Waals surface area contributed by atoms with Crippen LogP contribution in [0.15, 0.2) is 16.9 Å².